The Hall–Kier alpha value is -1.29. The van der Waals surface area contributed by atoms with Crippen molar-refractivity contribution in [3.8, 4) is 5.75 Å². The van der Waals surface area contributed by atoms with Crippen LogP contribution in [0.2, 0.25) is 0 Å². The van der Waals surface area contributed by atoms with Crippen LogP contribution in [0, 0.1) is 0 Å². The number of nitrogen functional groups attached to an aromatic ring is 1. The van der Waals surface area contributed by atoms with Crippen LogP contribution in [0.5, 0.6) is 5.75 Å². The fourth-order valence-electron chi connectivity index (χ4n) is 0.847. The lowest BCUT2D eigenvalue weighted by Crippen LogP contribution is -2.12. The third kappa shape index (κ3) is 2.10. The van der Waals surface area contributed by atoms with Crippen LogP contribution >= 0.6 is 0 Å². The molecule has 0 bridgehead atoms. The minimum atomic E-state index is 0.138. The highest BCUT2D eigenvalue weighted by atomic mass is 16.5. The molecule has 1 rings (SSSR count). The van der Waals surface area contributed by atoms with Gasteiger partial charge in [0.15, 0.2) is 0 Å². The van der Waals surface area contributed by atoms with Gasteiger partial charge >= 0.3 is 0 Å². The molecule has 0 amide bonds. The van der Waals surface area contributed by atoms with E-state index in [0.717, 1.165) is 5.75 Å². The van der Waals surface area contributed by atoms with E-state index in [2.05, 4.69) is 10.4 Å². The lowest BCUT2D eigenvalue weighted by molar-refractivity contribution is 0.243. The standard InChI is InChI=1S/C8H13N3O/c1-6(2)12-8-3-4-10-5-7(8)11-9/h3-6,11H,9H2,1-2H3. The molecule has 0 radical (unpaired) electrons. The monoisotopic (exact) mass is 167 g/mol. The quantitative estimate of drug-likeness (QED) is 0.523. The fraction of sp³-hybridized carbons (Fsp3) is 0.375. The van der Waals surface area contributed by atoms with E-state index in [-0.39, 0.29) is 6.10 Å². The fourth-order valence-corrected chi connectivity index (χ4v) is 0.847. The van der Waals surface area contributed by atoms with Crippen molar-refractivity contribution in [1.82, 2.24) is 4.98 Å². The molecule has 0 spiro atoms. The molecule has 0 aromatic carbocycles. The van der Waals surface area contributed by atoms with E-state index in [9.17, 15) is 0 Å². The Morgan fingerprint density at radius 1 is 1.58 bits per heavy atom. The van der Waals surface area contributed by atoms with Crippen molar-refractivity contribution in [2.75, 3.05) is 5.43 Å². The molecule has 1 heterocycles. The van der Waals surface area contributed by atoms with Gasteiger partial charge in [-0.25, -0.2) is 0 Å². The molecular formula is C8H13N3O. The SMILES string of the molecule is CC(C)Oc1ccncc1NN. The molecule has 0 aliphatic carbocycles. The van der Waals surface area contributed by atoms with Crippen LogP contribution in [0.3, 0.4) is 0 Å². The van der Waals surface area contributed by atoms with Crippen LogP contribution < -0.4 is 16.0 Å². The Bertz CT molecular complexity index is 250. The summed E-state index contributed by atoms with van der Waals surface area (Å²) in [4.78, 5) is 3.90. The zero-order chi connectivity index (χ0) is 8.97. The van der Waals surface area contributed by atoms with Crippen molar-refractivity contribution >= 4 is 5.69 Å². The smallest absolute Gasteiger partial charge is 0.147 e. The number of pyridine rings is 1. The Morgan fingerprint density at radius 3 is 2.92 bits per heavy atom. The summed E-state index contributed by atoms with van der Waals surface area (Å²) in [7, 11) is 0. The van der Waals surface area contributed by atoms with Crippen molar-refractivity contribution in [2.24, 2.45) is 5.84 Å². The predicted molar refractivity (Wildman–Crippen MR) is 47.8 cm³/mol. The van der Waals surface area contributed by atoms with Gasteiger partial charge in [0.1, 0.15) is 11.4 Å². The minimum Gasteiger partial charge on any atom is -0.489 e. The summed E-state index contributed by atoms with van der Waals surface area (Å²) >= 11 is 0. The second-order valence-electron chi connectivity index (χ2n) is 2.68. The maximum absolute atomic E-state index is 5.45. The van der Waals surface area contributed by atoms with E-state index in [4.69, 9.17) is 10.6 Å². The number of hydrazine groups is 1. The van der Waals surface area contributed by atoms with Crippen LogP contribution in [0.1, 0.15) is 13.8 Å². The first-order valence-corrected chi connectivity index (χ1v) is 3.81. The predicted octanol–water partition coefficient (Wildman–Crippen LogP) is 1.15. The normalized spacial score (nSPS) is 10.0. The van der Waals surface area contributed by atoms with E-state index < -0.39 is 0 Å². The molecule has 12 heavy (non-hydrogen) atoms. The van der Waals surface area contributed by atoms with Crippen molar-refractivity contribution in [3.63, 3.8) is 0 Å². The van der Waals surface area contributed by atoms with Gasteiger partial charge in [-0.1, -0.05) is 0 Å². The Balaban J connectivity index is 2.82. The van der Waals surface area contributed by atoms with E-state index in [1.54, 1.807) is 18.5 Å². The van der Waals surface area contributed by atoms with Crippen molar-refractivity contribution < 1.29 is 4.74 Å². The van der Waals surface area contributed by atoms with E-state index in [1.165, 1.54) is 0 Å². The largest absolute Gasteiger partial charge is 0.489 e. The zero-order valence-electron chi connectivity index (χ0n) is 7.24. The summed E-state index contributed by atoms with van der Waals surface area (Å²) in [5, 5.41) is 0. The lowest BCUT2D eigenvalue weighted by atomic mass is 10.4. The molecule has 3 N–H and O–H groups in total. The summed E-state index contributed by atoms with van der Waals surface area (Å²) in [5.74, 6) is 5.98. The summed E-state index contributed by atoms with van der Waals surface area (Å²) < 4.78 is 5.45. The van der Waals surface area contributed by atoms with Gasteiger partial charge in [-0.2, -0.15) is 0 Å². The topological polar surface area (TPSA) is 60.2 Å². The first kappa shape index (κ1) is 8.80. The Labute approximate surface area is 71.7 Å². The molecule has 66 valence electrons. The van der Waals surface area contributed by atoms with Gasteiger partial charge in [-0.05, 0) is 13.8 Å². The van der Waals surface area contributed by atoms with Gasteiger partial charge in [0, 0.05) is 12.3 Å². The number of anilines is 1. The Kier molecular flexibility index (Phi) is 2.88. The number of nitrogens with two attached hydrogens (primary N) is 1. The third-order valence-electron chi connectivity index (χ3n) is 1.30. The third-order valence-corrected chi connectivity index (χ3v) is 1.30. The van der Waals surface area contributed by atoms with Crippen molar-refractivity contribution in [1.29, 1.82) is 0 Å². The van der Waals surface area contributed by atoms with E-state index in [0.29, 0.717) is 5.69 Å². The van der Waals surface area contributed by atoms with Gasteiger partial charge in [-0.15, -0.1) is 0 Å². The summed E-state index contributed by atoms with van der Waals surface area (Å²) in [6.07, 6.45) is 3.43. The maximum atomic E-state index is 5.45. The summed E-state index contributed by atoms with van der Waals surface area (Å²) in [6, 6.07) is 1.77. The molecular weight excluding hydrogens is 154 g/mol. The van der Waals surface area contributed by atoms with E-state index >= 15 is 0 Å². The number of hydrogen-bond acceptors (Lipinski definition) is 4. The van der Waals surface area contributed by atoms with Gasteiger partial charge in [0.2, 0.25) is 0 Å². The highest BCUT2D eigenvalue weighted by Crippen LogP contribution is 2.21. The van der Waals surface area contributed by atoms with Gasteiger partial charge in [-0.3, -0.25) is 10.8 Å². The molecule has 0 fully saturated rings. The Morgan fingerprint density at radius 2 is 2.33 bits per heavy atom. The van der Waals surface area contributed by atoms with Gasteiger partial charge in [0.05, 0.1) is 12.3 Å². The van der Waals surface area contributed by atoms with Crippen molar-refractivity contribution in [3.05, 3.63) is 18.5 Å². The van der Waals surface area contributed by atoms with Crippen LogP contribution in [0.15, 0.2) is 18.5 Å². The van der Waals surface area contributed by atoms with Crippen LogP contribution in [0.4, 0.5) is 5.69 Å². The number of nitrogens with one attached hydrogen (secondary N) is 1. The summed E-state index contributed by atoms with van der Waals surface area (Å²) in [6.45, 7) is 3.92. The number of ether oxygens (including phenoxy) is 1. The zero-order valence-corrected chi connectivity index (χ0v) is 7.24. The molecule has 4 nitrogen and oxygen atoms in total. The molecule has 0 aliphatic heterocycles. The summed E-state index contributed by atoms with van der Waals surface area (Å²) in [5.41, 5.74) is 3.21. The second kappa shape index (κ2) is 3.92. The van der Waals surface area contributed by atoms with Crippen LogP contribution in [-0.4, -0.2) is 11.1 Å². The van der Waals surface area contributed by atoms with Crippen LogP contribution in [0.25, 0.3) is 0 Å². The number of rotatable bonds is 3. The van der Waals surface area contributed by atoms with E-state index in [1.807, 2.05) is 13.8 Å². The number of hydrogen-bond donors (Lipinski definition) is 2. The first-order chi connectivity index (χ1) is 5.74. The molecule has 0 unspecified atom stereocenters. The number of aromatic nitrogens is 1. The van der Waals surface area contributed by atoms with Crippen LogP contribution in [-0.2, 0) is 0 Å². The average Bonchev–Trinajstić information content (AvgIpc) is 2.04. The van der Waals surface area contributed by atoms with Gasteiger partial charge in [0.25, 0.3) is 0 Å². The maximum Gasteiger partial charge on any atom is 0.147 e. The molecule has 0 aliphatic rings. The molecule has 0 atom stereocenters. The number of nitrogens with zero attached hydrogens (tertiary/aromatic N) is 1. The second-order valence-corrected chi connectivity index (χ2v) is 2.68. The molecule has 0 saturated carbocycles. The lowest BCUT2D eigenvalue weighted by Gasteiger charge is -2.12. The minimum absolute atomic E-state index is 0.138. The molecule has 1 aromatic heterocycles. The highest BCUT2D eigenvalue weighted by Gasteiger charge is 2.02. The first-order valence-electron chi connectivity index (χ1n) is 3.81. The average molecular weight is 167 g/mol. The highest BCUT2D eigenvalue weighted by molar-refractivity contribution is 5.53. The van der Waals surface area contributed by atoms with Crippen molar-refractivity contribution in [2.45, 2.75) is 20.0 Å². The molecule has 1 aromatic rings. The molecule has 4 heteroatoms. The molecule has 0 saturated heterocycles. The van der Waals surface area contributed by atoms with Gasteiger partial charge < -0.3 is 10.2 Å².